The Morgan fingerprint density at radius 3 is 2.50 bits per heavy atom. The molecule has 0 saturated carbocycles. The molecular formula is C15H25N5O8. The summed E-state index contributed by atoms with van der Waals surface area (Å²) in [6.07, 6.45) is -3.24. The minimum atomic E-state index is -1.57. The lowest BCUT2D eigenvalue weighted by Gasteiger charge is -2.40. The van der Waals surface area contributed by atoms with E-state index in [4.69, 9.17) is 20.9 Å². The van der Waals surface area contributed by atoms with Crippen LogP contribution < -0.4 is 22.1 Å². The number of nitrogens with zero attached hydrogens (tertiary/aromatic N) is 1. The van der Waals surface area contributed by atoms with Crippen LogP contribution in [-0.2, 0) is 23.9 Å². The van der Waals surface area contributed by atoms with Crippen molar-refractivity contribution in [1.82, 2.24) is 10.6 Å². The first kappa shape index (κ1) is 23.1. The minimum Gasteiger partial charge on any atom is -0.478 e. The number of ether oxygens (including phenoxy) is 2. The van der Waals surface area contributed by atoms with Crippen LogP contribution in [0.15, 0.2) is 16.8 Å². The Balaban J connectivity index is 3.37. The highest BCUT2D eigenvalue weighted by Crippen LogP contribution is 2.26. The van der Waals surface area contributed by atoms with E-state index in [9.17, 15) is 29.7 Å². The van der Waals surface area contributed by atoms with Crippen molar-refractivity contribution in [3.8, 4) is 0 Å². The number of carboxylic acid groups (broad SMARTS) is 1. The molecule has 0 radical (unpaired) electrons. The maximum Gasteiger partial charge on any atom is 0.370 e. The van der Waals surface area contributed by atoms with E-state index in [1.807, 2.05) is 0 Å². The number of aliphatic imine (C=N–C) groups is 1. The second kappa shape index (κ2) is 10.4. The first-order valence-corrected chi connectivity index (χ1v) is 8.19. The van der Waals surface area contributed by atoms with Crippen molar-refractivity contribution in [3.63, 3.8) is 0 Å². The van der Waals surface area contributed by atoms with Gasteiger partial charge < -0.3 is 46.9 Å². The van der Waals surface area contributed by atoms with Gasteiger partial charge in [-0.15, -0.1) is 0 Å². The molecule has 28 heavy (non-hydrogen) atoms. The van der Waals surface area contributed by atoms with Gasteiger partial charge in [0, 0.05) is 14.0 Å². The summed E-state index contributed by atoms with van der Waals surface area (Å²) >= 11 is 0. The molecule has 0 aromatic heterocycles. The van der Waals surface area contributed by atoms with Crippen LogP contribution in [0.4, 0.5) is 0 Å². The molecule has 13 nitrogen and oxygen atoms in total. The molecule has 1 aliphatic rings. The predicted molar refractivity (Wildman–Crippen MR) is 94.7 cm³/mol. The number of carbonyl (C=O) groups excluding carboxylic acids is 2. The zero-order valence-electron chi connectivity index (χ0n) is 15.4. The number of likely N-dealkylation sites (N-methyl/N-ethyl adjacent to an activating group) is 1. The third-order valence-corrected chi connectivity index (χ3v) is 3.76. The summed E-state index contributed by atoms with van der Waals surface area (Å²) in [6, 6.07) is -2.14. The van der Waals surface area contributed by atoms with E-state index in [0.29, 0.717) is 0 Å². The smallest absolute Gasteiger partial charge is 0.370 e. The van der Waals surface area contributed by atoms with Crippen molar-refractivity contribution in [2.45, 2.75) is 37.3 Å². The second-order valence-corrected chi connectivity index (χ2v) is 5.89. The zero-order chi connectivity index (χ0) is 21.4. The number of aliphatic hydroxyl groups excluding tert-OH is 2. The SMILES string of the molecule is CNC(=O)CO[C@@H]([C@@H]1OC(C(=O)O)=C[C@H](N=C(N)N)[C@H]1NC(C)=O)[C@H](O)CO. The number of hydrogen-bond donors (Lipinski definition) is 7. The van der Waals surface area contributed by atoms with Crippen LogP contribution in [0.25, 0.3) is 0 Å². The number of aliphatic carboxylic acids is 1. The van der Waals surface area contributed by atoms with Crippen LogP contribution in [0.3, 0.4) is 0 Å². The number of nitrogens with two attached hydrogens (primary N) is 2. The van der Waals surface area contributed by atoms with E-state index in [-0.39, 0.29) is 5.96 Å². The Hall–Kier alpha value is -2.90. The molecule has 9 N–H and O–H groups in total. The van der Waals surface area contributed by atoms with Gasteiger partial charge in [0.15, 0.2) is 12.1 Å². The van der Waals surface area contributed by atoms with Gasteiger partial charge in [-0.05, 0) is 6.08 Å². The van der Waals surface area contributed by atoms with Gasteiger partial charge in [-0.3, -0.25) is 9.59 Å². The number of hydrogen-bond acceptors (Lipinski definition) is 8. The normalized spacial score (nSPS) is 23.4. The van der Waals surface area contributed by atoms with Gasteiger partial charge in [-0.1, -0.05) is 0 Å². The fourth-order valence-corrected chi connectivity index (χ4v) is 2.57. The standard InChI is InChI=1S/C15H25N5O8/c1-6(22)19-11-7(20-15(16)17)3-9(14(25)26)28-13(11)12(8(23)4-21)27-5-10(24)18-2/h3,7-8,11-13,21,23H,4-5H2,1-2H3,(H,18,24)(H,19,22)(H,25,26)(H4,16,17,20)/t7-,8+,11+,12+,13+/m0/s1. The monoisotopic (exact) mass is 403 g/mol. The topological polar surface area (TPSA) is 219 Å². The Labute approximate surface area is 160 Å². The van der Waals surface area contributed by atoms with Crippen molar-refractivity contribution in [2.75, 3.05) is 20.3 Å². The number of rotatable bonds is 9. The highest BCUT2D eigenvalue weighted by atomic mass is 16.6. The molecule has 0 bridgehead atoms. The highest BCUT2D eigenvalue weighted by molar-refractivity contribution is 5.85. The maximum atomic E-state index is 11.6. The van der Waals surface area contributed by atoms with E-state index in [1.165, 1.54) is 14.0 Å². The van der Waals surface area contributed by atoms with Crippen molar-refractivity contribution >= 4 is 23.7 Å². The summed E-state index contributed by atoms with van der Waals surface area (Å²) in [7, 11) is 1.36. The number of aliphatic hydroxyl groups is 2. The summed E-state index contributed by atoms with van der Waals surface area (Å²) < 4.78 is 10.7. The van der Waals surface area contributed by atoms with Crippen LogP contribution in [0, 0.1) is 0 Å². The fraction of sp³-hybridized carbons (Fsp3) is 0.600. The molecule has 0 spiro atoms. The first-order chi connectivity index (χ1) is 13.1. The van der Waals surface area contributed by atoms with Crippen molar-refractivity contribution in [3.05, 3.63) is 11.8 Å². The number of carboxylic acids is 1. The van der Waals surface area contributed by atoms with E-state index in [2.05, 4.69) is 15.6 Å². The lowest BCUT2D eigenvalue weighted by Crippen LogP contribution is -2.60. The largest absolute Gasteiger partial charge is 0.478 e. The van der Waals surface area contributed by atoms with Gasteiger partial charge in [0.1, 0.15) is 18.8 Å². The molecule has 0 aromatic rings. The lowest BCUT2D eigenvalue weighted by molar-refractivity contribution is -0.158. The summed E-state index contributed by atoms with van der Waals surface area (Å²) in [5, 5.41) is 33.6. The van der Waals surface area contributed by atoms with Crippen molar-refractivity contribution in [2.24, 2.45) is 16.5 Å². The molecule has 13 heteroatoms. The maximum absolute atomic E-state index is 11.6. The van der Waals surface area contributed by atoms with Crippen LogP contribution in [0.5, 0.6) is 0 Å². The molecule has 0 fully saturated rings. The van der Waals surface area contributed by atoms with Crippen LogP contribution in [-0.4, -0.2) is 89.7 Å². The van der Waals surface area contributed by atoms with E-state index in [0.717, 1.165) is 6.08 Å². The third-order valence-electron chi connectivity index (χ3n) is 3.76. The van der Waals surface area contributed by atoms with E-state index in [1.54, 1.807) is 0 Å². The Kier molecular flexibility index (Phi) is 8.63. The van der Waals surface area contributed by atoms with Crippen LogP contribution >= 0.6 is 0 Å². The molecule has 5 atom stereocenters. The molecular weight excluding hydrogens is 378 g/mol. The number of amides is 2. The molecule has 0 saturated heterocycles. The number of carbonyl (C=O) groups is 3. The molecule has 2 amide bonds. The third kappa shape index (κ3) is 6.37. The number of nitrogens with one attached hydrogen (secondary N) is 2. The molecule has 1 aliphatic heterocycles. The quantitative estimate of drug-likeness (QED) is 0.146. The second-order valence-electron chi connectivity index (χ2n) is 5.89. The Morgan fingerprint density at radius 2 is 2.04 bits per heavy atom. The molecule has 0 aromatic carbocycles. The number of guanidine groups is 1. The summed E-state index contributed by atoms with van der Waals surface area (Å²) in [5.74, 6) is -3.46. The summed E-state index contributed by atoms with van der Waals surface area (Å²) in [6.45, 7) is -0.114. The molecule has 0 aliphatic carbocycles. The summed E-state index contributed by atoms with van der Waals surface area (Å²) in [5.41, 5.74) is 10.8. The molecule has 158 valence electrons. The average Bonchev–Trinajstić information content (AvgIpc) is 2.62. The van der Waals surface area contributed by atoms with Gasteiger partial charge >= 0.3 is 5.97 Å². The van der Waals surface area contributed by atoms with E-state index < -0.39 is 67.2 Å². The minimum absolute atomic E-state index is 0.382. The molecule has 0 unspecified atom stereocenters. The van der Waals surface area contributed by atoms with Gasteiger partial charge in [-0.2, -0.15) is 0 Å². The van der Waals surface area contributed by atoms with Crippen LogP contribution in [0.2, 0.25) is 0 Å². The predicted octanol–water partition coefficient (Wildman–Crippen LogP) is -4.02. The van der Waals surface area contributed by atoms with Crippen molar-refractivity contribution < 1.29 is 39.2 Å². The van der Waals surface area contributed by atoms with E-state index >= 15 is 0 Å². The van der Waals surface area contributed by atoms with Crippen LogP contribution in [0.1, 0.15) is 6.92 Å². The Morgan fingerprint density at radius 1 is 1.39 bits per heavy atom. The van der Waals surface area contributed by atoms with Gasteiger partial charge in [0.25, 0.3) is 0 Å². The van der Waals surface area contributed by atoms with Gasteiger partial charge in [0.05, 0.1) is 18.7 Å². The Bertz CT molecular complexity index is 648. The highest BCUT2D eigenvalue weighted by Gasteiger charge is 2.45. The fourth-order valence-electron chi connectivity index (χ4n) is 2.57. The average molecular weight is 403 g/mol. The molecule has 1 rings (SSSR count). The summed E-state index contributed by atoms with van der Waals surface area (Å²) in [4.78, 5) is 38.5. The van der Waals surface area contributed by atoms with Gasteiger partial charge in [0.2, 0.25) is 17.6 Å². The van der Waals surface area contributed by atoms with Crippen molar-refractivity contribution in [1.29, 1.82) is 0 Å². The van der Waals surface area contributed by atoms with Gasteiger partial charge in [-0.25, -0.2) is 9.79 Å². The zero-order valence-corrected chi connectivity index (χ0v) is 15.4. The first-order valence-electron chi connectivity index (χ1n) is 8.19. The molecule has 1 heterocycles. The lowest BCUT2D eigenvalue weighted by atomic mass is 9.92.